The zero-order chi connectivity index (χ0) is 18.5. The van der Waals surface area contributed by atoms with E-state index in [1.165, 1.54) is 10.8 Å². The number of nitrogens with one attached hydrogen (secondary N) is 1. The summed E-state index contributed by atoms with van der Waals surface area (Å²) in [6.07, 6.45) is 0.125. The lowest BCUT2D eigenvalue weighted by Crippen LogP contribution is -2.37. The Morgan fingerprint density at radius 2 is 1.81 bits per heavy atom. The molecular formula is C23H25NO2. The number of carbonyl (C=O) groups is 1. The van der Waals surface area contributed by atoms with Crippen molar-refractivity contribution >= 4 is 16.7 Å². The average Bonchev–Trinajstić information content (AvgIpc) is 2.66. The van der Waals surface area contributed by atoms with Gasteiger partial charge < -0.3 is 10.1 Å². The van der Waals surface area contributed by atoms with E-state index in [1.807, 2.05) is 57.2 Å². The van der Waals surface area contributed by atoms with Gasteiger partial charge in [-0.05, 0) is 53.8 Å². The number of ether oxygens (including phenoxy) is 1. The van der Waals surface area contributed by atoms with Crippen molar-refractivity contribution < 1.29 is 9.53 Å². The van der Waals surface area contributed by atoms with Gasteiger partial charge in [-0.1, -0.05) is 61.5 Å². The van der Waals surface area contributed by atoms with Gasteiger partial charge in [-0.3, -0.25) is 4.79 Å². The fourth-order valence-corrected chi connectivity index (χ4v) is 3.05. The highest BCUT2D eigenvalue weighted by molar-refractivity contribution is 5.86. The van der Waals surface area contributed by atoms with Crippen molar-refractivity contribution in [2.75, 3.05) is 0 Å². The number of hydrogen-bond donors (Lipinski definition) is 1. The number of benzene rings is 3. The smallest absolute Gasteiger partial charge is 0.261 e. The van der Waals surface area contributed by atoms with Crippen molar-refractivity contribution in [3.63, 3.8) is 0 Å². The summed E-state index contributed by atoms with van der Waals surface area (Å²) >= 11 is 0. The third kappa shape index (κ3) is 4.05. The molecule has 1 amide bonds. The number of rotatable bonds is 6. The van der Waals surface area contributed by atoms with E-state index < -0.39 is 6.10 Å². The fraction of sp³-hybridized carbons (Fsp3) is 0.261. The Morgan fingerprint density at radius 3 is 2.62 bits per heavy atom. The first-order valence-corrected chi connectivity index (χ1v) is 9.06. The van der Waals surface area contributed by atoms with E-state index in [0.717, 1.165) is 22.4 Å². The van der Waals surface area contributed by atoms with Crippen LogP contribution in [0.5, 0.6) is 5.75 Å². The first kappa shape index (κ1) is 18.0. The Hall–Kier alpha value is -2.81. The lowest BCUT2D eigenvalue weighted by molar-refractivity contribution is -0.128. The molecule has 0 aromatic heterocycles. The summed E-state index contributed by atoms with van der Waals surface area (Å²) in [5, 5.41) is 5.38. The van der Waals surface area contributed by atoms with Crippen LogP contribution in [0.1, 0.15) is 30.0 Å². The summed E-state index contributed by atoms with van der Waals surface area (Å²) in [4.78, 5) is 12.6. The van der Waals surface area contributed by atoms with Crippen molar-refractivity contribution in [3.05, 3.63) is 77.4 Å². The molecule has 1 N–H and O–H groups in total. The van der Waals surface area contributed by atoms with Crippen LogP contribution in [0.25, 0.3) is 10.8 Å². The molecule has 3 aromatic rings. The van der Waals surface area contributed by atoms with Crippen molar-refractivity contribution in [2.45, 2.75) is 39.8 Å². The number of amides is 1. The van der Waals surface area contributed by atoms with Gasteiger partial charge >= 0.3 is 0 Å². The number of hydrogen-bond acceptors (Lipinski definition) is 2. The Morgan fingerprint density at radius 1 is 1.04 bits per heavy atom. The van der Waals surface area contributed by atoms with Crippen LogP contribution in [0.4, 0.5) is 0 Å². The van der Waals surface area contributed by atoms with E-state index in [4.69, 9.17) is 4.74 Å². The third-order valence-corrected chi connectivity index (χ3v) is 4.61. The molecule has 0 aliphatic rings. The Balaban J connectivity index is 1.70. The molecule has 0 unspecified atom stereocenters. The molecule has 0 spiro atoms. The molecule has 0 heterocycles. The molecule has 0 aliphatic heterocycles. The minimum absolute atomic E-state index is 0.0821. The highest BCUT2D eigenvalue weighted by atomic mass is 16.5. The minimum Gasteiger partial charge on any atom is -0.480 e. The molecule has 3 aromatic carbocycles. The van der Waals surface area contributed by atoms with Gasteiger partial charge in [-0.2, -0.15) is 0 Å². The fourth-order valence-electron chi connectivity index (χ4n) is 3.05. The van der Waals surface area contributed by atoms with Crippen LogP contribution < -0.4 is 10.1 Å². The van der Waals surface area contributed by atoms with Crippen LogP contribution in [0.3, 0.4) is 0 Å². The standard InChI is InChI=1S/C23H25NO2/c1-4-21(26-22-14-16(2)12-13-17(22)3)23(25)24-15-19-10-7-9-18-8-5-6-11-20(18)19/h5-14,21H,4,15H2,1-3H3,(H,24,25)/t21-/m0/s1. The van der Waals surface area contributed by atoms with Gasteiger partial charge in [0.05, 0.1) is 0 Å². The Kier molecular flexibility index (Phi) is 5.57. The summed E-state index contributed by atoms with van der Waals surface area (Å²) in [6.45, 7) is 6.48. The minimum atomic E-state index is -0.495. The van der Waals surface area contributed by atoms with Crippen LogP contribution in [-0.2, 0) is 11.3 Å². The van der Waals surface area contributed by atoms with Gasteiger partial charge in [0.2, 0.25) is 0 Å². The molecule has 0 aliphatic carbocycles. The second-order valence-electron chi connectivity index (χ2n) is 6.64. The predicted molar refractivity (Wildman–Crippen MR) is 106 cm³/mol. The highest BCUT2D eigenvalue weighted by Gasteiger charge is 2.19. The van der Waals surface area contributed by atoms with Crippen molar-refractivity contribution in [3.8, 4) is 5.75 Å². The number of aryl methyl sites for hydroxylation is 2. The van der Waals surface area contributed by atoms with E-state index in [9.17, 15) is 4.79 Å². The maximum absolute atomic E-state index is 12.6. The first-order valence-electron chi connectivity index (χ1n) is 9.06. The summed E-state index contributed by atoms with van der Waals surface area (Å²) in [6, 6.07) is 20.4. The van der Waals surface area contributed by atoms with E-state index in [0.29, 0.717) is 13.0 Å². The van der Waals surface area contributed by atoms with Crippen LogP contribution in [0.15, 0.2) is 60.7 Å². The van der Waals surface area contributed by atoms with Crippen LogP contribution in [-0.4, -0.2) is 12.0 Å². The average molecular weight is 347 g/mol. The number of fused-ring (bicyclic) bond motifs is 1. The molecule has 0 saturated carbocycles. The SMILES string of the molecule is CC[C@H](Oc1cc(C)ccc1C)C(=O)NCc1cccc2ccccc12. The molecule has 26 heavy (non-hydrogen) atoms. The molecule has 0 radical (unpaired) electrons. The monoisotopic (exact) mass is 347 g/mol. The molecule has 134 valence electrons. The lowest BCUT2D eigenvalue weighted by atomic mass is 10.0. The molecular weight excluding hydrogens is 322 g/mol. The van der Waals surface area contributed by atoms with Gasteiger partial charge in [-0.25, -0.2) is 0 Å². The molecule has 0 saturated heterocycles. The van der Waals surface area contributed by atoms with E-state index in [-0.39, 0.29) is 5.91 Å². The van der Waals surface area contributed by atoms with Gasteiger partial charge in [0, 0.05) is 6.54 Å². The summed E-state index contributed by atoms with van der Waals surface area (Å²) in [5.74, 6) is 0.693. The second kappa shape index (κ2) is 8.05. The predicted octanol–water partition coefficient (Wildman–Crippen LogP) is 4.93. The van der Waals surface area contributed by atoms with Crippen molar-refractivity contribution in [1.82, 2.24) is 5.32 Å². The third-order valence-electron chi connectivity index (χ3n) is 4.61. The van der Waals surface area contributed by atoms with Gasteiger partial charge in [0.1, 0.15) is 5.75 Å². The molecule has 1 atom stereocenters. The van der Waals surface area contributed by atoms with E-state index in [2.05, 4.69) is 29.6 Å². The molecule has 3 rings (SSSR count). The largest absolute Gasteiger partial charge is 0.480 e. The topological polar surface area (TPSA) is 38.3 Å². The van der Waals surface area contributed by atoms with Crippen molar-refractivity contribution in [2.24, 2.45) is 0 Å². The highest BCUT2D eigenvalue weighted by Crippen LogP contribution is 2.22. The number of carbonyl (C=O) groups excluding carboxylic acids is 1. The van der Waals surface area contributed by atoms with E-state index >= 15 is 0 Å². The van der Waals surface area contributed by atoms with Gasteiger partial charge in [0.25, 0.3) is 5.91 Å². The summed E-state index contributed by atoms with van der Waals surface area (Å²) in [5.41, 5.74) is 3.27. The van der Waals surface area contributed by atoms with E-state index in [1.54, 1.807) is 0 Å². The molecule has 0 fully saturated rings. The summed E-state index contributed by atoms with van der Waals surface area (Å²) in [7, 11) is 0. The molecule has 3 nitrogen and oxygen atoms in total. The second-order valence-corrected chi connectivity index (χ2v) is 6.64. The van der Waals surface area contributed by atoms with Crippen LogP contribution >= 0.6 is 0 Å². The van der Waals surface area contributed by atoms with Crippen LogP contribution in [0.2, 0.25) is 0 Å². The lowest BCUT2D eigenvalue weighted by Gasteiger charge is -2.19. The Labute approximate surface area is 155 Å². The zero-order valence-corrected chi connectivity index (χ0v) is 15.6. The van der Waals surface area contributed by atoms with Crippen molar-refractivity contribution in [1.29, 1.82) is 0 Å². The molecule has 0 bridgehead atoms. The van der Waals surface area contributed by atoms with Crippen LogP contribution in [0, 0.1) is 13.8 Å². The quantitative estimate of drug-likeness (QED) is 0.686. The zero-order valence-electron chi connectivity index (χ0n) is 15.6. The first-order chi connectivity index (χ1) is 12.6. The van der Waals surface area contributed by atoms with Gasteiger partial charge in [-0.15, -0.1) is 0 Å². The molecule has 3 heteroatoms. The summed E-state index contributed by atoms with van der Waals surface area (Å²) < 4.78 is 6.00. The maximum atomic E-state index is 12.6. The maximum Gasteiger partial charge on any atom is 0.261 e. The van der Waals surface area contributed by atoms with Gasteiger partial charge in [0.15, 0.2) is 6.10 Å². The normalized spacial score (nSPS) is 12.0. The Bertz CT molecular complexity index is 912.